The van der Waals surface area contributed by atoms with Crippen LogP contribution < -0.4 is 30.7 Å². The number of hydrogen-bond donors (Lipinski definition) is 2. The van der Waals surface area contributed by atoms with Crippen LogP contribution in [0.2, 0.25) is 0 Å². The molecule has 0 radical (unpaired) electrons. The zero-order valence-corrected chi connectivity index (χ0v) is 42.5. The maximum Gasteiger partial charge on any atom is 0.431 e. The molecule has 2 atom stereocenters. The molecule has 4 N–H and O–H groups in total. The molecule has 14 nitrogen and oxygen atoms in total. The van der Waals surface area contributed by atoms with Gasteiger partial charge < -0.3 is 15.5 Å². The van der Waals surface area contributed by atoms with E-state index >= 15 is 0 Å². The Hall–Kier alpha value is -7.40. The van der Waals surface area contributed by atoms with Crippen molar-refractivity contribution >= 4 is 65.8 Å². The van der Waals surface area contributed by atoms with Crippen LogP contribution in [0.25, 0.3) is 22.3 Å². The highest BCUT2D eigenvalue weighted by molar-refractivity contribution is 7.90. The summed E-state index contributed by atoms with van der Waals surface area (Å²) in [6.07, 6.45) is -7.63. The largest absolute Gasteiger partial charge is 0.431 e. The third-order valence-corrected chi connectivity index (χ3v) is 15.7. The van der Waals surface area contributed by atoms with Crippen molar-refractivity contribution in [2.45, 2.75) is 79.8 Å². The van der Waals surface area contributed by atoms with E-state index in [1.165, 1.54) is 20.9 Å². The number of hydrogen-bond acceptors (Lipinski definition) is 11. The van der Waals surface area contributed by atoms with Crippen LogP contribution in [0.5, 0.6) is 0 Å². The van der Waals surface area contributed by atoms with Crippen LogP contribution in [0.3, 0.4) is 0 Å². The van der Waals surface area contributed by atoms with Crippen molar-refractivity contribution in [3.05, 3.63) is 156 Å². The van der Waals surface area contributed by atoms with Gasteiger partial charge in [0, 0.05) is 61.2 Å². The summed E-state index contributed by atoms with van der Waals surface area (Å²) in [6.45, 7) is 2.71. The third kappa shape index (κ3) is 10.8. The van der Waals surface area contributed by atoms with Gasteiger partial charge in [0.05, 0.1) is 21.2 Å². The number of fused-ring (bicyclic) bond motifs is 2. The monoisotopic (exact) mass is 1080 g/mol. The minimum Gasteiger partial charge on any atom is -0.326 e. The van der Waals surface area contributed by atoms with Gasteiger partial charge in [-0.3, -0.25) is 19.6 Å². The number of nitrogens with zero attached hydrogens (tertiary/aromatic N) is 6. The molecule has 0 saturated carbocycles. The van der Waals surface area contributed by atoms with Gasteiger partial charge in [0.2, 0.25) is 10.0 Å². The second kappa shape index (κ2) is 20.6. The molecule has 4 aliphatic rings. The number of primary sulfonamides is 1. The number of amides is 2. The van der Waals surface area contributed by atoms with Crippen LogP contribution in [0, 0.1) is 0 Å². The zero-order valence-electron chi connectivity index (χ0n) is 40.9. The van der Waals surface area contributed by atoms with Gasteiger partial charge in [-0.2, -0.15) is 36.5 Å². The summed E-state index contributed by atoms with van der Waals surface area (Å²) in [5.41, 5.74) is 11.2. The Kier molecular flexibility index (Phi) is 14.5. The predicted molar refractivity (Wildman–Crippen MR) is 279 cm³/mol. The minimum absolute atomic E-state index is 0.0241. The number of benzene rings is 6. The molecule has 2 unspecified atom stereocenters. The van der Waals surface area contributed by atoms with Crippen LogP contribution in [-0.2, 0) is 55.3 Å². The fourth-order valence-electron chi connectivity index (χ4n) is 9.91. The Bertz CT molecular complexity index is 3340. The Balaban J connectivity index is 0.000000186. The van der Waals surface area contributed by atoms with Gasteiger partial charge in [-0.25, -0.2) is 22.0 Å². The highest BCUT2D eigenvalue weighted by Crippen LogP contribution is 2.40. The van der Waals surface area contributed by atoms with Crippen molar-refractivity contribution in [1.82, 2.24) is 0 Å². The highest BCUT2D eigenvalue weighted by Gasteiger charge is 2.49. The molecule has 0 aromatic heterocycles. The lowest BCUT2D eigenvalue weighted by molar-refractivity contribution is -0.120. The number of nitrogens with two attached hydrogens (primary N) is 2. The molecule has 396 valence electrons. The second-order valence-electron chi connectivity index (χ2n) is 18.6. The topological polar surface area (TPSA) is 192 Å². The van der Waals surface area contributed by atoms with Crippen LogP contribution >= 0.6 is 0 Å². The quantitative estimate of drug-likeness (QED) is 0.126. The molecule has 4 aliphatic heterocycles. The van der Waals surface area contributed by atoms with Crippen molar-refractivity contribution in [3.63, 3.8) is 0 Å². The van der Waals surface area contributed by atoms with Crippen LogP contribution in [0.1, 0.15) is 42.0 Å². The molecule has 0 fully saturated rings. The van der Waals surface area contributed by atoms with E-state index in [-0.39, 0.29) is 22.9 Å². The minimum atomic E-state index is -4.67. The molecule has 6 aromatic carbocycles. The smallest absolute Gasteiger partial charge is 0.326 e. The highest BCUT2D eigenvalue weighted by atomic mass is 32.2. The second-order valence-corrected chi connectivity index (χ2v) is 22.1. The normalized spacial score (nSPS) is 17.5. The Labute approximate surface area is 434 Å². The van der Waals surface area contributed by atoms with Crippen molar-refractivity contribution in [1.29, 1.82) is 0 Å². The summed E-state index contributed by atoms with van der Waals surface area (Å²) in [5, 5.41) is 15.3. The maximum absolute atomic E-state index is 13.7. The van der Waals surface area contributed by atoms with E-state index in [2.05, 4.69) is 10.2 Å². The van der Waals surface area contributed by atoms with Gasteiger partial charge >= 0.3 is 12.4 Å². The number of sulfonamides is 1. The fourth-order valence-corrected chi connectivity index (χ4v) is 11.6. The lowest BCUT2D eigenvalue weighted by atomic mass is 10.0. The first-order valence-electron chi connectivity index (χ1n) is 24.0. The van der Waals surface area contributed by atoms with E-state index in [0.29, 0.717) is 76.4 Å². The SMILES string of the molecule is CCc1cccc(N2N=C(C(F)(F)F)CC2C(=O)N2CCc3cc(-c4ccccc4S(C)(=O)=O)ccc32)c1.NCc1cccc(N2N=C(C(F)(F)F)CC2C(=O)N2CCc3cc(-c4ccccc4S(N)(=O)=O)ccc32)c1. The molecular weight excluding hydrogens is 1030 g/mol. The molecule has 0 saturated heterocycles. The maximum atomic E-state index is 13.7. The fraction of sp³-hybridized carbons (Fsp3) is 0.259. The third-order valence-electron chi connectivity index (χ3n) is 13.6. The summed E-state index contributed by atoms with van der Waals surface area (Å²) in [7, 11) is -7.43. The Morgan fingerprint density at radius 1 is 0.592 bits per heavy atom. The molecular formula is C54H50F6N8O6S2. The number of sulfone groups is 1. The van der Waals surface area contributed by atoms with Crippen molar-refractivity contribution < 1.29 is 52.8 Å². The molecule has 22 heteroatoms. The van der Waals surface area contributed by atoms with E-state index in [1.54, 1.807) is 115 Å². The Morgan fingerprint density at radius 3 is 1.46 bits per heavy atom. The standard InChI is InChI=1S/C28H26F3N3O3S.C26H24F3N5O3S/c1-3-18-7-6-8-21(15-18)34-24(17-26(32-34)28(29,30)31)27(35)33-14-13-20-16-19(11-12-23(20)33)22-9-4-5-10-25(22)38(2,36)37;27-26(28,29)24-14-22(34(32-24)19-5-3-4-16(12-19)15-30)25(35)33-11-10-18-13-17(8-9-21(18)33)20-6-1-2-7-23(20)38(31,36)37/h4-12,15-16,24H,3,13-14,17H2,1-2H3;1-9,12-13,22H,10-11,14-15,30H2,(H2,31,36,37). The van der Waals surface area contributed by atoms with E-state index in [4.69, 9.17) is 10.9 Å². The molecule has 0 aliphatic carbocycles. The number of rotatable bonds is 10. The molecule has 0 spiro atoms. The van der Waals surface area contributed by atoms with Gasteiger partial charge in [0.25, 0.3) is 11.8 Å². The van der Waals surface area contributed by atoms with E-state index in [0.717, 1.165) is 28.0 Å². The van der Waals surface area contributed by atoms with Gasteiger partial charge in [-0.05, 0) is 113 Å². The summed E-state index contributed by atoms with van der Waals surface area (Å²) >= 11 is 0. The molecule has 6 aromatic rings. The number of halogens is 6. The first-order valence-corrected chi connectivity index (χ1v) is 27.4. The van der Waals surface area contributed by atoms with Crippen LogP contribution in [-0.4, -0.2) is 83.9 Å². The van der Waals surface area contributed by atoms with E-state index in [9.17, 15) is 52.8 Å². The lowest BCUT2D eigenvalue weighted by Gasteiger charge is -2.28. The van der Waals surface area contributed by atoms with Crippen molar-refractivity contribution in [2.24, 2.45) is 21.1 Å². The van der Waals surface area contributed by atoms with Crippen molar-refractivity contribution in [3.8, 4) is 22.3 Å². The van der Waals surface area contributed by atoms with Gasteiger partial charge in [-0.1, -0.05) is 79.7 Å². The van der Waals surface area contributed by atoms with E-state index < -0.39 is 80.4 Å². The average molecular weight is 1090 g/mol. The molecule has 76 heavy (non-hydrogen) atoms. The summed E-state index contributed by atoms with van der Waals surface area (Å²) in [5.74, 6) is -0.972. The van der Waals surface area contributed by atoms with Crippen molar-refractivity contribution in [2.75, 3.05) is 39.2 Å². The van der Waals surface area contributed by atoms with Crippen LogP contribution in [0.15, 0.2) is 153 Å². The molecule has 0 bridgehead atoms. The zero-order chi connectivity index (χ0) is 54.5. The number of carbonyl (C=O) groups excluding carboxylic acids is 2. The molecule has 10 rings (SSSR count). The Morgan fingerprint density at radius 2 is 1.03 bits per heavy atom. The number of alkyl halides is 6. The molecule has 4 heterocycles. The summed E-state index contributed by atoms with van der Waals surface area (Å²) in [6, 6.07) is 34.8. The number of anilines is 4. The number of aryl methyl sites for hydroxylation is 1. The van der Waals surface area contributed by atoms with Crippen LogP contribution in [0.4, 0.5) is 49.1 Å². The number of hydrazone groups is 2. The van der Waals surface area contributed by atoms with E-state index in [1.807, 2.05) is 19.1 Å². The van der Waals surface area contributed by atoms with Gasteiger partial charge in [-0.15, -0.1) is 0 Å². The predicted octanol–water partition coefficient (Wildman–Crippen LogP) is 8.95. The average Bonchev–Trinajstić information content (AvgIpc) is 4.23. The summed E-state index contributed by atoms with van der Waals surface area (Å²) < 4.78 is 130. The van der Waals surface area contributed by atoms with Gasteiger partial charge in [0.15, 0.2) is 9.84 Å². The van der Waals surface area contributed by atoms with Gasteiger partial charge in [0.1, 0.15) is 23.5 Å². The first kappa shape index (κ1) is 53.4. The first-order chi connectivity index (χ1) is 35.9. The number of carbonyl (C=O) groups is 2. The summed E-state index contributed by atoms with van der Waals surface area (Å²) in [4.78, 5) is 30.6. The lowest BCUT2D eigenvalue weighted by Crippen LogP contribution is -2.45. The molecule has 2 amide bonds.